The molecule has 0 aliphatic carbocycles. The average Bonchev–Trinajstić information content (AvgIpc) is 2.84. The molecule has 0 aromatic carbocycles. The molecule has 0 saturated heterocycles. The van der Waals surface area contributed by atoms with Crippen LogP contribution in [0.25, 0.3) is 0 Å². The molecule has 242 valence electrons. The first-order chi connectivity index (χ1) is 17.1. The molecule has 0 aliphatic heterocycles. The van der Waals surface area contributed by atoms with E-state index < -0.39 is 17.0 Å². The van der Waals surface area contributed by atoms with Gasteiger partial charge in [0.05, 0.1) is 31.2 Å². The zero-order valence-corrected chi connectivity index (χ0v) is 27.0. The molecule has 2 unspecified atom stereocenters. The second-order valence-electron chi connectivity index (χ2n) is 9.23. The van der Waals surface area contributed by atoms with E-state index in [0.717, 1.165) is 38.8 Å². The van der Waals surface area contributed by atoms with E-state index in [9.17, 15) is 9.59 Å². The Morgan fingerprint density at radius 2 is 1.30 bits per heavy atom. The van der Waals surface area contributed by atoms with Crippen LogP contribution in [0.4, 0.5) is 0 Å². The van der Waals surface area contributed by atoms with E-state index in [1.165, 1.54) is 12.4 Å². The number of nitrogens with one attached hydrogen (secondary N) is 2. The fraction of sp³-hybridized carbons (Fsp3) is 0.826. The summed E-state index contributed by atoms with van der Waals surface area (Å²) in [5, 5.41) is 28.6. The smallest absolute Gasteiger partial charge is 0.325 e. The van der Waals surface area contributed by atoms with E-state index in [1.54, 1.807) is 25.8 Å². The number of halogens is 4. The molecule has 8 N–H and O–H groups in total. The lowest BCUT2D eigenvalue weighted by Crippen LogP contribution is -2.52. The molecule has 0 fully saturated rings. The summed E-state index contributed by atoms with van der Waals surface area (Å²) in [6.07, 6.45) is 6.99. The van der Waals surface area contributed by atoms with Crippen LogP contribution in [0.3, 0.4) is 0 Å². The van der Waals surface area contributed by atoms with Crippen molar-refractivity contribution in [3.63, 3.8) is 0 Å². The van der Waals surface area contributed by atoms with Crippen LogP contribution in [0.2, 0.25) is 0 Å². The Morgan fingerprint density at radius 1 is 0.825 bits per heavy atom. The number of hydrogen-bond donors (Lipinski definition) is 6. The number of likely N-dealkylation sites (N-methyl/N-ethyl adjacent to an activating group) is 1. The lowest BCUT2D eigenvalue weighted by Gasteiger charge is -2.29. The van der Waals surface area contributed by atoms with E-state index >= 15 is 0 Å². The predicted molar refractivity (Wildman–Crippen MR) is 168 cm³/mol. The van der Waals surface area contributed by atoms with Crippen molar-refractivity contribution < 1.29 is 29.5 Å². The number of unbranched alkanes of at least 4 members (excludes halogenated alkanes) is 2. The van der Waals surface area contributed by atoms with Crippen LogP contribution in [-0.2, 0) is 19.1 Å². The van der Waals surface area contributed by atoms with Gasteiger partial charge in [0.2, 0.25) is 5.91 Å². The zero-order chi connectivity index (χ0) is 27.3. The van der Waals surface area contributed by atoms with Gasteiger partial charge in [0.25, 0.3) is 0 Å². The van der Waals surface area contributed by atoms with Crippen molar-refractivity contribution in [2.24, 2.45) is 21.8 Å². The Hall–Kier alpha value is -1.16. The van der Waals surface area contributed by atoms with Crippen molar-refractivity contribution in [2.75, 3.05) is 59.6 Å². The highest BCUT2D eigenvalue weighted by molar-refractivity contribution is 5.86. The van der Waals surface area contributed by atoms with Gasteiger partial charge in [-0.25, -0.2) is 0 Å². The highest BCUT2D eigenvalue weighted by Gasteiger charge is 2.31. The van der Waals surface area contributed by atoms with Gasteiger partial charge in [0.1, 0.15) is 12.1 Å². The van der Waals surface area contributed by atoms with Crippen molar-refractivity contribution in [1.29, 1.82) is 0 Å². The van der Waals surface area contributed by atoms with Crippen molar-refractivity contribution in [3.05, 3.63) is 0 Å². The van der Waals surface area contributed by atoms with Crippen molar-refractivity contribution in [1.82, 2.24) is 15.5 Å². The summed E-state index contributed by atoms with van der Waals surface area (Å²) in [7, 11) is 1.68. The Kier molecular flexibility index (Phi) is 35.6. The van der Waals surface area contributed by atoms with Gasteiger partial charge >= 0.3 is 5.97 Å². The van der Waals surface area contributed by atoms with Crippen LogP contribution in [-0.4, -0.2) is 110 Å². The largest absolute Gasteiger partial charge is 0.462 e. The normalized spacial score (nSPS) is 13.6. The highest BCUT2D eigenvalue weighted by atomic mass is 35.5. The Morgan fingerprint density at radius 3 is 1.77 bits per heavy atom. The van der Waals surface area contributed by atoms with Crippen LogP contribution >= 0.6 is 49.6 Å². The van der Waals surface area contributed by atoms with E-state index in [-0.39, 0.29) is 68.7 Å². The van der Waals surface area contributed by atoms with E-state index in [1.807, 2.05) is 0 Å². The fourth-order valence-corrected chi connectivity index (χ4v) is 3.31. The molecule has 2 atom stereocenters. The Bertz CT molecular complexity index is 678. The van der Waals surface area contributed by atoms with Gasteiger partial charge in [-0.15, -0.1) is 59.9 Å². The highest BCUT2D eigenvalue weighted by Crippen LogP contribution is 2.14. The summed E-state index contributed by atoms with van der Waals surface area (Å²) in [5.41, 5.74) is 10.3. The minimum atomic E-state index is -1.07. The van der Waals surface area contributed by atoms with Crippen LogP contribution in [0.1, 0.15) is 52.4 Å². The molecular formula is C23H51Cl4N7O6. The molecule has 0 saturated carbocycles. The molecule has 13 nitrogen and oxygen atoms in total. The molecule has 40 heavy (non-hydrogen) atoms. The number of rotatable bonds is 22. The first-order valence-electron chi connectivity index (χ1n) is 12.4. The average molecular weight is 664 g/mol. The molecule has 0 aromatic rings. The molecule has 0 rings (SSSR count). The quantitative estimate of drug-likeness (QED) is 0.0325. The number of hydrogen-bond acceptors (Lipinski definition) is 12. The third-order valence-corrected chi connectivity index (χ3v) is 5.57. The number of nitrogens with zero attached hydrogens (tertiary/aromatic N) is 3. The minimum absolute atomic E-state index is 0. The van der Waals surface area contributed by atoms with Gasteiger partial charge in [0, 0.05) is 26.7 Å². The molecule has 17 heteroatoms. The van der Waals surface area contributed by atoms with Gasteiger partial charge < -0.3 is 46.9 Å². The maximum Gasteiger partial charge on any atom is 0.325 e. The van der Waals surface area contributed by atoms with E-state index in [2.05, 4.69) is 20.9 Å². The molecular weight excluding hydrogens is 612 g/mol. The SMILES string of the molecule is CN(CCOCCOC(=O)C(C)(N)CCCCNCC=NO)C(=O)C(C)(N)CCCCNCC=NO.Cl.Cl.Cl.Cl. The number of carbonyl (C=O) groups is 2. The third kappa shape index (κ3) is 24.6. The number of amides is 1. The second-order valence-corrected chi connectivity index (χ2v) is 9.23. The number of ether oxygens (including phenoxy) is 2. The lowest BCUT2D eigenvalue weighted by atomic mass is 9.94. The molecule has 0 radical (unpaired) electrons. The summed E-state index contributed by atoms with van der Waals surface area (Å²) in [6, 6.07) is 0. The lowest BCUT2D eigenvalue weighted by molar-refractivity contribution is -0.151. The van der Waals surface area contributed by atoms with Crippen LogP contribution < -0.4 is 22.1 Å². The third-order valence-electron chi connectivity index (χ3n) is 5.57. The van der Waals surface area contributed by atoms with Gasteiger partial charge in [-0.3, -0.25) is 9.59 Å². The van der Waals surface area contributed by atoms with Crippen molar-refractivity contribution >= 4 is 73.9 Å². The van der Waals surface area contributed by atoms with Gasteiger partial charge in [-0.05, 0) is 65.5 Å². The summed E-state index contributed by atoms with van der Waals surface area (Å²) < 4.78 is 10.7. The fourth-order valence-electron chi connectivity index (χ4n) is 3.31. The molecule has 0 heterocycles. The van der Waals surface area contributed by atoms with Crippen molar-refractivity contribution in [3.8, 4) is 0 Å². The van der Waals surface area contributed by atoms with Crippen molar-refractivity contribution in [2.45, 2.75) is 63.5 Å². The van der Waals surface area contributed by atoms with Gasteiger partial charge in [0.15, 0.2) is 0 Å². The Labute approximate surface area is 263 Å². The maximum absolute atomic E-state index is 12.6. The molecule has 0 bridgehead atoms. The van der Waals surface area contributed by atoms with Crippen LogP contribution in [0, 0.1) is 0 Å². The summed E-state index contributed by atoms with van der Waals surface area (Å²) >= 11 is 0. The molecule has 0 aliphatic rings. The zero-order valence-electron chi connectivity index (χ0n) is 23.7. The minimum Gasteiger partial charge on any atom is -0.462 e. The predicted octanol–water partition coefficient (Wildman–Crippen LogP) is 1.57. The van der Waals surface area contributed by atoms with E-state index in [4.69, 9.17) is 31.4 Å². The first kappa shape index (κ1) is 48.6. The maximum atomic E-state index is 12.6. The van der Waals surface area contributed by atoms with Gasteiger partial charge in [-0.1, -0.05) is 0 Å². The summed E-state index contributed by atoms with van der Waals surface area (Å²) in [5.74, 6) is -0.636. The Balaban J connectivity index is -0.00000102. The van der Waals surface area contributed by atoms with Crippen LogP contribution in [0.15, 0.2) is 10.3 Å². The van der Waals surface area contributed by atoms with Gasteiger partial charge in [-0.2, -0.15) is 0 Å². The standard InChI is InChI=1S/C23H47N7O6.4ClH/c1-22(24,8-4-6-10-26-12-14-28-33)20(31)30(3)16-17-35-18-19-36-21(32)23(2,25)9-5-7-11-27-13-15-29-34;;;;/h14-15,26-27,33-34H,4-13,16-19,24-25H2,1-3H3;4*1H. The number of nitrogens with two attached hydrogens (primary N) is 2. The molecule has 0 spiro atoms. The second kappa shape index (κ2) is 29.3. The summed E-state index contributed by atoms with van der Waals surface area (Å²) in [6.45, 7) is 6.76. The summed E-state index contributed by atoms with van der Waals surface area (Å²) in [4.78, 5) is 26.4. The molecule has 1 amide bonds. The van der Waals surface area contributed by atoms with Crippen LogP contribution in [0.5, 0.6) is 0 Å². The first-order valence-corrected chi connectivity index (χ1v) is 12.4. The van der Waals surface area contributed by atoms with E-state index in [0.29, 0.717) is 39.1 Å². The number of esters is 1. The number of carbonyl (C=O) groups excluding carboxylic acids is 2. The topological polar surface area (TPSA) is 197 Å². The number of oxime groups is 2. The monoisotopic (exact) mass is 661 g/mol. The molecule has 0 aromatic heterocycles.